The van der Waals surface area contributed by atoms with Gasteiger partial charge >= 0.3 is 6.00 Å². The summed E-state index contributed by atoms with van der Waals surface area (Å²) in [5.41, 5.74) is 0. The van der Waals surface area contributed by atoms with E-state index in [1.54, 1.807) is 0 Å². The Morgan fingerprint density at radius 1 is 0.244 bits per heavy atom. The lowest BCUT2D eigenvalue weighted by molar-refractivity contribution is 0.511. The van der Waals surface area contributed by atoms with Crippen molar-refractivity contribution < 1.29 is 0 Å². The van der Waals surface area contributed by atoms with Gasteiger partial charge in [0.1, 0.15) is 0 Å². The molecular weight excluding hydrogens is 694 g/mol. The third kappa shape index (κ3) is 41.8. The lowest BCUT2D eigenvalue weighted by Gasteiger charge is -2.07. The largest absolute Gasteiger partial charge is 0.341 e. The summed E-state index contributed by atoms with van der Waals surface area (Å²) in [6, 6.07) is -1.54. The van der Waals surface area contributed by atoms with E-state index < -0.39 is 6.00 Å². The van der Waals surface area contributed by atoms with Gasteiger partial charge in [0.15, 0.2) is 0 Å². The Morgan fingerprint density at radius 2 is 0.390 bits per heavy atom. The normalized spacial score (nSPS) is 12.0. The molecule has 0 aromatic carbocycles. The van der Waals surface area contributed by atoms with E-state index in [1.165, 1.54) is 216 Å². The molecule has 0 aliphatic carbocycles. The van der Waals surface area contributed by atoms with Crippen LogP contribution < -0.4 is 0 Å². The highest BCUT2D eigenvalue weighted by Crippen LogP contribution is 2.27. The molecule has 0 aromatic heterocycles. The third-order valence-corrected chi connectivity index (χ3v) is 12.2. The minimum Gasteiger partial charge on any atom is -0.126 e. The summed E-state index contributed by atoms with van der Waals surface area (Å²) in [6.45, 7) is 0. The molecule has 0 saturated heterocycles. The van der Waals surface area contributed by atoms with Crippen molar-refractivity contribution in [1.82, 2.24) is 0 Å². The van der Waals surface area contributed by atoms with Crippen LogP contribution in [-0.2, 0) is 0 Å². The van der Waals surface area contributed by atoms with Crippen LogP contribution in [0.1, 0.15) is 218 Å². The third-order valence-electron chi connectivity index (χ3n) is 8.84. The van der Waals surface area contributed by atoms with Crippen LogP contribution in [0.15, 0.2) is 0 Å². The fourth-order valence-corrected chi connectivity index (χ4v) is 8.47. The SMILES string of the molecule is Cl[Si](Cl)(Cl)CCCCCCCCCCCCCCCCCCCCCCCCCCCCCCCCCCCCI. The topological polar surface area (TPSA) is 0 Å². The predicted molar refractivity (Wildman–Crippen MR) is 204 cm³/mol. The molecule has 0 heterocycles. The quantitative estimate of drug-likeness (QED) is 0.0196. The van der Waals surface area contributed by atoms with E-state index in [-0.39, 0.29) is 0 Å². The molecule has 0 rings (SSSR count). The van der Waals surface area contributed by atoms with Crippen LogP contribution in [0.2, 0.25) is 6.04 Å². The maximum atomic E-state index is 5.93. The summed E-state index contributed by atoms with van der Waals surface area (Å²) in [7, 11) is 0. The number of hydrogen-bond donors (Lipinski definition) is 0. The molecule has 0 fully saturated rings. The molecule has 0 spiro atoms. The monoisotopic (exact) mass is 764 g/mol. The molecule has 0 aromatic rings. The van der Waals surface area contributed by atoms with Crippen LogP contribution in [0.3, 0.4) is 0 Å². The van der Waals surface area contributed by atoms with Gasteiger partial charge in [0.05, 0.1) is 0 Å². The number of hydrogen-bond acceptors (Lipinski definition) is 0. The lowest BCUT2D eigenvalue weighted by Crippen LogP contribution is -2.07. The van der Waals surface area contributed by atoms with E-state index in [9.17, 15) is 0 Å². The molecule has 0 N–H and O–H groups in total. The molecule has 0 atom stereocenters. The van der Waals surface area contributed by atoms with Gasteiger partial charge < -0.3 is 0 Å². The Balaban J connectivity index is 3.04. The van der Waals surface area contributed by atoms with E-state index >= 15 is 0 Å². The second-order valence-electron chi connectivity index (χ2n) is 13.1. The highest BCUT2D eigenvalue weighted by molar-refractivity contribution is 14.1. The minimum absolute atomic E-state index is 0.831. The molecule has 5 heteroatoms. The van der Waals surface area contributed by atoms with Gasteiger partial charge in [0, 0.05) is 0 Å². The van der Waals surface area contributed by atoms with Gasteiger partial charge in [-0.15, -0.1) is 33.2 Å². The van der Waals surface area contributed by atoms with Crippen LogP contribution in [-0.4, -0.2) is 10.4 Å². The summed E-state index contributed by atoms with van der Waals surface area (Å²) < 4.78 is 1.34. The average Bonchev–Trinajstić information content (AvgIpc) is 2.94. The van der Waals surface area contributed by atoms with Crippen molar-refractivity contribution >= 4 is 61.8 Å². The van der Waals surface area contributed by atoms with Crippen molar-refractivity contribution in [2.75, 3.05) is 4.43 Å². The van der Waals surface area contributed by atoms with Crippen molar-refractivity contribution in [3.8, 4) is 0 Å². The summed E-state index contributed by atoms with van der Waals surface area (Å²) in [5, 5.41) is 0. The van der Waals surface area contributed by atoms with Gasteiger partial charge in [-0.25, -0.2) is 0 Å². The first kappa shape index (κ1) is 42.8. The molecular formula is C36H72Cl3ISi. The zero-order valence-electron chi connectivity index (χ0n) is 27.5. The molecule has 0 aliphatic heterocycles. The van der Waals surface area contributed by atoms with Crippen molar-refractivity contribution in [1.29, 1.82) is 0 Å². The number of alkyl halides is 1. The molecule has 0 saturated carbocycles. The standard InChI is InChI=1S/C36H72Cl3ISi/c37-41(38,39)36-34-32-30-28-26-24-22-20-18-16-14-12-10-8-6-4-2-1-3-5-7-9-11-13-15-17-19-21-23-25-27-29-31-33-35-40/h1-36H2. The van der Waals surface area contributed by atoms with Crippen molar-refractivity contribution in [3.63, 3.8) is 0 Å². The molecule has 0 bridgehead atoms. The number of unbranched alkanes of at least 4 members (excludes halogenated alkanes) is 33. The van der Waals surface area contributed by atoms with Crippen molar-refractivity contribution in [2.24, 2.45) is 0 Å². The Kier molecular flexibility index (Phi) is 37.9. The maximum Gasteiger partial charge on any atom is 0.341 e. The van der Waals surface area contributed by atoms with Crippen LogP contribution in [0.4, 0.5) is 0 Å². The van der Waals surface area contributed by atoms with E-state index in [1.807, 2.05) is 0 Å². The van der Waals surface area contributed by atoms with Crippen LogP contribution >= 0.6 is 55.8 Å². The van der Waals surface area contributed by atoms with Crippen LogP contribution in [0.5, 0.6) is 0 Å². The van der Waals surface area contributed by atoms with E-state index in [4.69, 9.17) is 33.2 Å². The fourth-order valence-electron chi connectivity index (χ4n) is 6.08. The molecule has 41 heavy (non-hydrogen) atoms. The van der Waals surface area contributed by atoms with Gasteiger partial charge in [-0.3, -0.25) is 0 Å². The highest BCUT2D eigenvalue weighted by atomic mass is 127. The lowest BCUT2D eigenvalue weighted by atomic mass is 10.0. The van der Waals surface area contributed by atoms with E-state index in [0.29, 0.717) is 0 Å². The smallest absolute Gasteiger partial charge is 0.126 e. The first-order valence-electron chi connectivity index (χ1n) is 18.7. The predicted octanol–water partition coefficient (Wildman–Crippen LogP) is 16.3. The van der Waals surface area contributed by atoms with Gasteiger partial charge in [-0.2, -0.15) is 0 Å². The summed E-state index contributed by atoms with van der Waals surface area (Å²) in [4.78, 5) is 0. The first-order chi connectivity index (χ1) is 20.1. The molecule has 0 nitrogen and oxygen atoms in total. The Hall–Kier alpha value is 1.82. The van der Waals surface area contributed by atoms with Gasteiger partial charge in [0.2, 0.25) is 0 Å². The fraction of sp³-hybridized carbons (Fsp3) is 1.00. The van der Waals surface area contributed by atoms with Gasteiger partial charge in [-0.1, -0.05) is 234 Å². The summed E-state index contributed by atoms with van der Waals surface area (Å²) in [6.07, 6.45) is 49.1. The zero-order valence-corrected chi connectivity index (χ0v) is 32.9. The highest BCUT2D eigenvalue weighted by Gasteiger charge is 2.23. The van der Waals surface area contributed by atoms with Gasteiger partial charge in [0.25, 0.3) is 0 Å². The maximum absolute atomic E-state index is 5.93. The molecule has 0 amide bonds. The zero-order chi connectivity index (χ0) is 30.0. The van der Waals surface area contributed by atoms with Crippen molar-refractivity contribution in [2.45, 2.75) is 224 Å². The Morgan fingerprint density at radius 3 is 0.537 bits per heavy atom. The number of halogens is 4. The summed E-state index contributed by atoms with van der Waals surface area (Å²) >= 11 is 20.3. The van der Waals surface area contributed by atoms with Crippen LogP contribution in [0, 0.1) is 0 Å². The Labute approximate surface area is 288 Å². The second kappa shape index (κ2) is 36.3. The first-order valence-corrected chi connectivity index (χ1v) is 25.5. The minimum atomic E-state index is -2.37. The van der Waals surface area contributed by atoms with Gasteiger partial charge in [-0.05, 0) is 16.9 Å². The molecule has 0 unspecified atom stereocenters. The molecule has 248 valence electrons. The second-order valence-corrected chi connectivity index (χ2v) is 23.4. The number of rotatable bonds is 36. The summed E-state index contributed by atoms with van der Waals surface area (Å²) in [5.74, 6) is 0. The van der Waals surface area contributed by atoms with Crippen molar-refractivity contribution in [3.05, 3.63) is 0 Å². The molecule has 0 aliphatic rings. The van der Waals surface area contributed by atoms with Crippen LogP contribution in [0.25, 0.3) is 0 Å². The van der Waals surface area contributed by atoms with E-state index in [2.05, 4.69) is 22.6 Å². The Bertz CT molecular complexity index is 472. The average molecular weight is 766 g/mol. The van der Waals surface area contributed by atoms with E-state index in [0.717, 1.165) is 12.5 Å². The molecule has 0 radical (unpaired) electrons.